The van der Waals surface area contributed by atoms with Crippen LogP contribution in [0.5, 0.6) is 0 Å². The van der Waals surface area contributed by atoms with Crippen LogP contribution >= 0.6 is 0 Å². The van der Waals surface area contributed by atoms with Crippen LogP contribution in [-0.2, 0) is 9.78 Å². The Balaban J connectivity index is 2.95. The molecule has 0 aliphatic carbocycles. The van der Waals surface area contributed by atoms with Gasteiger partial charge in [-0.3, -0.25) is 0 Å². The van der Waals surface area contributed by atoms with Crippen molar-refractivity contribution in [2.75, 3.05) is 13.2 Å². The normalized spacial score (nSPS) is 11.3. The predicted octanol–water partition coefficient (Wildman–Crippen LogP) is 9.17. The molecule has 0 radical (unpaired) electrons. The van der Waals surface area contributed by atoms with Crippen LogP contribution in [0.1, 0.15) is 149 Å². The van der Waals surface area contributed by atoms with Gasteiger partial charge in [-0.05, 0) is 12.8 Å². The van der Waals surface area contributed by atoms with E-state index in [1.807, 2.05) is 0 Å². The highest BCUT2D eigenvalue weighted by molar-refractivity contribution is 4.48. The van der Waals surface area contributed by atoms with Crippen LogP contribution in [0.4, 0.5) is 0 Å². The lowest BCUT2D eigenvalue weighted by Crippen LogP contribution is -1.99. The Morgan fingerprint density at radius 3 is 0.778 bits per heavy atom. The van der Waals surface area contributed by atoms with Gasteiger partial charge in [0.25, 0.3) is 0 Å². The summed E-state index contributed by atoms with van der Waals surface area (Å²) in [5.41, 5.74) is 0. The molecule has 0 rings (SSSR count). The zero-order valence-corrected chi connectivity index (χ0v) is 19.1. The van der Waals surface area contributed by atoms with Crippen LogP contribution in [0.15, 0.2) is 0 Å². The van der Waals surface area contributed by atoms with Crippen molar-refractivity contribution < 1.29 is 9.78 Å². The summed E-state index contributed by atoms with van der Waals surface area (Å²) < 4.78 is 0. The molecule has 0 fully saturated rings. The lowest BCUT2D eigenvalue weighted by molar-refractivity contribution is -0.295. The van der Waals surface area contributed by atoms with Crippen LogP contribution in [0.3, 0.4) is 0 Å². The molecular weight excluding hydrogens is 332 g/mol. The summed E-state index contributed by atoms with van der Waals surface area (Å²) in [4.78, 5) is 10.6. The van der Waals surface area contributed by atoms with Crippen LogP contribution in [0, 0.1) is 0 Å². The Labute approximate surface area is 172 Å². The summed E-state index contributed by atoms with van der Waals surface area (Å²) in [6, 6.07) is 0. The van der Waals surface area contributed by atoms with Gasteiger partial charge < -0.3 is 0 Å². The third-order valence-corrected chi connectivity index (χ3v) is 5.50. The van der Waals surface area contributed by atoms with E-state index in [4.69, 9.17) is 9.78 Å². The van der Waals surface area contributed by atoms with E-state index in [9.17, 15) is 0 Å². The summed E-state index contributed by atoms with van der Waals surface area (Å²) in [5, 5.41) is 0. The fourth-order valence-corrected chi connectivity index (χ4v) is 3.59. The van der Waals surface area contributed by atoms with Gasteiger partial charge in [-0.15, -0.1) is 0 Å². The molecule has 0 spiro atoms. The van der Waals surface area contributed by atoms with Gasteiger partial charge in [0.15, 0.2) is 0 Å². The second-order valence-electron chi connectivity index (χ2n) is 8.36. The quantitative estimate of drug-likeness (QED) is 0.0937. The van der Waals surface area contributed by atoms with Gasteiger partial charge in [0, 0.05) is 0 Å². The first-order valence-corrected chi connectivity index (χ1v) is 12.7. The maximum atomic E-state index is 5.30. The third-order valence-electron chi connectivity index (χ3n) is 5.50. The van der Waals surface area contributed by atoms with Crippen molar-refractivity contribution >= 4 is 0 Å². The molecule has 27 heavy (non-hydrogen) atoms. The molecule has 2 nitrogen and oxygen atoms in total. The standard InChI is InChI=1S/C25H52O2/c1-3-5-7-9-11-13-15-17-19-21-23-25-27-26-24-22-20-18-16-14-12-10-8-6-4-2/h3-25H2,1-2H3. The van der Waals surface area contributed by atoms with Crippen molar-refractivity contribution in [3.05, 3.63) is 0 Å². The highest BCUT2D eigenvalue weighted by Gasteiger charge is 1.96. The number of hydrogen-bond donors (Lipinski definition) is 0. The van der Waals surface area contributed by atoms with E-state index < -0.39 is 0 Å². The second kappa shape index (κ2) is 25.9. The summed E-state index contributed by atoms with van der Waals surface area (Å²) in [7, 11) is 0. The molecule has 164 valence electrons. The van der Waals surface area contributed by atoms with E-state index in [0.717, 1.165) is 26.1 Å². The van der Waals surface area contributed by atoms with E-state index in [2.05, 4.69) is 13.8 Å². The maximum Gasteiger partial charge on any atom is 0.0822 e. The molecule has 0 aromatic carbocycles. The first-order chi connectivity index (χ1) is 13.4. The maximum absolute atomic E-state index is 5.30. The van der Waals surface area contributed by atoms with Gasteiger partial charge in [0.1, 0.15) is 0 Å². The highest BCUT2D eigenvalue weighted by Crippen LogP contribution is 2.12. The summed E-state index contributed by atoms with van der Waals surface area (Å²) in [6.45, 7) is 6.11. The molecule has 0 bridgehead atoms. The molecule has 0 aliphatic rings. The van der Waals surface area contributed by atoms with E-state index in [-0.39, 0.29) is 0 Å². The smallest absolute Gasteiger partial charge is 0.0822 e. The van der Waals surface area contributed by atoms with E-state index in [0.29, 0.717) is 0 Å². The highest BCUT2D eigenvalue weighted by atomic mass is 17.2. The number of hydrogen-bond acceptors (Lipinski definition) is 2. The fraction of sp³-hybridized carbons (Fsp3) is 1.00. The van der Waals surface area contributed by atoms with Crippen molar-refractivity contribution in [3.63, 3.8) is 0 Å². The third kappa shape index (κ3) is 25.9. The summed E-state index contributed by atoms with van der Waals surface area (Å²) in [6.07, 6.45) is 28.8. The van der Waals surface area contributed by atoms with Crippen molar-refractivity contribution in [3.8, 4) is 0 Å². The first kappa shape index (κ1) is 26.9. The molecule has 0 heterocycles. The summed E-state index contributed by atoms with van der Waals surface area (Å²) >= 11 is 0. The van der Waals surface area contributed by atoms with Gasteiger partial charge >= 0.3 is 0 Å². The second-order valence-corrected chi connectivity index (χ2v) is 8.36. The van der Waals surface area contributed by atoms with Gasteiger partial charge in [-0.2, -0.15) is 0 Å². The molecule has 0 saturated heterocycles. The average Bonchev–Trinajstić information content (AvgIpc) is 2.68. The zero-order valence-electron chi connectivity index (χ0n) is 19.1. The Morgan fingerprint density at radius 1 is 0.296 bits per heavy atom. The van der Waals surface area contributed by atoms with Crippen molar-refractivity contribution in [1.29, 1.82) is 0 Å². The van der Waals surface area contributed by atoms with Gasteiger partial charge in [0.2, 0.25) is 0 Å². The molecule has 0 aromatic rings. The molecule has 0 unspecified atom stereocenters. The molecule has 0 saturated carbocycles. The minimum Gasteiger partial charge on any atom is -0.237 e. The van der Waals surface area contributed by atoms with E-state index >= 15 is 0 Å². The van der Waals surface area contributed by atoms with Gasteiger partial charge in [-0.1, -0.05) is 136 Å². The molecule has 0 aromatic heterocycles. The predicted molar refractivity (Wildman–Crippen MR) is 120 cm³/mol. The lowest BCUT2D eigenvalue weighted by atomic mass is 10.1. The lowest BCUT2D eigenvalue weighted by Gasteiger charge is -2.05. The monoisotopic (exact) mass is 384 g/mol. The van der Waals surface area contributed by atoms with Crippen molar-refractivity contribution in [2.45, 2.75) is 149 Å². The molecule has 0 amide bonds. The molecular formula is C25H52O2. The zero-order chi connectivity index (χ0) is 19.7. The largest absolute Gasteiger partial charge is 0.237 e. The Bertz CT molecular complexity index is 218. The van der Waals surface area contributed by atoms with Gasteiger partial charge in [0.05, 0.1) is 13.2 Å². The van der Waals surface area contributed by atoms with Gasteiger partial charge in [-0.25, -0.2) is 9.78 Å². The van der Waals surface area contributed by atoms with Crippen LogP contribution in [0.2, 0.25) is 0 Å². The van der Waals surface area contributed by atoms with Crippen LogP contribution in [0.25, 0.3) is 0 Å². The van der Waals surface area contributed by atoms with E-state index in [1.54, 1.807) is 0 Å². The van der Waals surface area contributed by atoms with E-state index in [1.165, 1.54) is 122 Å². The number of rotatable bonds is 24. The average molecular weight is 385 g/mol. The molecule has 0 atom stereocenters. The SMILES string of the molecule is CCCCCCCCCCCCCOOCCCCCCCCCCCC. The summed E-state index contributed by atoms with van der Waals surface area (Å²) in [5.74, 6) is 0. The topological polar surface area (TPSA) is 18.5 Å². The minimum absolute atomic E-state index is 0.772. The minimum atomic E-state index is 0.772. The first-order valence-electron chi connectivity index (χ1n) is 12.7. The number of unbranched alkanes of at least 4 members (excludes halogenated alkanes) is 19. The Kier molecular flexibility index (Phi) is 25.8. The Morgan fingerprint density at radius 2 is 0.519 bits per heavy atom. The fourth-order valence-electron chi connectivity index (χ4n) is 3.59. The molecule has 0 aliphatic heterocycles. The Hall–Kier alpha value is -0.0800. The molecule has 2 heteroatoms. The van der Waals surface area contributed by atoms with Crippen molar-refractivity contribution in [2.24, 2.45) is 0 Å². The van der Waals surface area contributed by atoms with Crippen molar-refractivity contribution in [1.82, 2.24) is 0 Å². The van der Waals surface area contributed by atoms with Crippen LogP contribution in [-0.4, -0.2) is 13.2 Å². The molecule has 0 N–H and O–H groups in total. The van der Waals surface area contributed by atoms with Crippen LogP contribution < -0.4 is 0 Å².